The molecule has 0 unspecified atom stereocenters. The van der Waals surface area contributed by atoms with E-state index in [1.807, 2.05) is 0 Å². The zero-order valence-corrected chi connectivity index (χ0v) is 10.5. The summed E-state index contributed by atoms with van der Waals surface area (Å²) >= 11 is 0. The van der Waals surface area contributed by atoms with Crippen molar-refractivity contribution in [3.63, 3.8) is 0 Å². The van der Waals surface area contributed by atoms with Crippen LogP contribution in [0.3, 0.4) is 0 Å². The number of nitrogens with zero attached hydrogens (tertiary/aromatic N) is 1. The van der Waals surface area contributed by atoms with Crippen molar-refractivity contribution >= 4 is 12.0 Å². The molecule has 2 N–H and O–H groups in total. The zero-order valence-electron chi connectivity index (χ0n) is 10.5. The Morgan fingerprint density at radius 1 is 1.39 bits per heavy atom. The summed E-state index contributed by atoms with van der Waals surface area (Å²) < 4.78 is 5.56. The van der Waals surface area contributed by atoms with Gasteiger partial charge in [0.15, 0.2) is 0 Å². The first-order valence-corrected chi connectivity index (χ1v) is 6.44. The van der Waals surface area contributed by atoms with Gasteiger partial charge in [-0.2, -0.15) is 0 Å². The van der Waals surface area contributed by atoms with Crippen LogP contribution >= 0.6 is 0 Å². The molecule has 1 aliphatic carbocycles. The molecule has 6 nitrogen and oxygen atoms in total. The Hall–Kier alpha value is -1.30. The lowest BCUT2D eigenvalue weighted by molar-refractivity contribution is -0.136. The van der Waals surface area contributed by atoms with E-state index in [0.717, 1.165) is 26.0 Å². The molecule has 2 aliphatic rings. The molecular weight excluding hydrogens is 236 g/mol. The molecule has 2 fully saturated rings. The van der Waals surface area contributed by atoms with E-state index in [4.69, 9.17) is 9.84 Å². The van der Waals surface area contributed by atoms with Gasteiger partial charge in [-0.1, -0.05) is 6.42 Å². The summed E-state index contributed by atoms with van der Waals surface area (Å²) in [5.74, 6) is -0.898. The Labute approximate surface area is 106 Å². The van der Waals surface area contributed by atoms with E-state index in [1.165, 1.54) is 6.42 Å². The van der Waals surface area contributed by atoms with Crippen molar-refractivity contribution in [3.8, 4) is 0 Å². The van der Waals surface area contributed by atoms with E-state index < -0.39 is 5.97 Å². The minimum Gasteiger partial charge on any atom is -0.481 e. The number of amides is 2. The Morgan fingerprint density at radius 2 is 2.17 bits per heavy atom. The lowest BCUT2D eigenvalue weighted by Gasteiger charge is -2.42. The largest absolute Gasteiger partial charge is 0.481 e. The predicted molar refractivity (Wildman–Crippen MR) is 64.3 cm³/mol. The number of hydrogen-bond acceptors (Lipinski definition) is 3. The second-order valence-electron chi connectivity index (χ2n) is 5.20. The van der Waals surface area contributed by atoms with E-state index in [2.05, 4.69) is 5.32 Å². The number of carbonyl (C=O) groups excluding carboxylic acids is 1. The molecule has 1 saturated heterocycles. The third kappa shape index (κ3) is 3.13. The van der Waals surface area contributed by atoms with Crippen molar-refractivity contribution in [1.82, 2.24) is 10.2 Å². The summed E-state index contributed by atoms with van der Waals surface area (Å²) in [6.45, 7) is 2.80. The van der Waals surface area contributed by atoms with Crippen molar-refractivity contribution in [2.75, 3.05) is 32.8 Å². The average molecular weight is 256 g/mol. The molecular formula is C12H20N2O4. The second-order valence-corrected chi connectivity index (χ2v) is 5.20. The lowest BCUT2D eigenvalue weighted by atomic mass is 9.69. The van der Waals surface area contributed by atoms with Crippen molar-refractivity contribution < 1.29 is 19.4 Å². The summed E-state index contributed by atoms with van der Waals surface area (Å²) in [6.07, 6.45) is 3.40. The van der Waals surface area contributed by atoms with Gasteiger partial charge in [-0.3, -0.25) is 4.79 Å². The zero-order chi connectivity index (χ0) is 13.0. The highest BCUT2D eigenvalue weighted by Gasteiger charge is 2.41. The molecule has 18 heavy (non-hydrogen) atoms. The molecule has 6 heteroatoms. The van der Waals surface area contributed by atoms with E-state index in [0.29, 0.717) is 13.2 Å². The highest BCUT2D eigenvalue weighted by Crippen LogP contribution is 2.42. The third-order valence-corrected chi connectivity index (χ3v) is 3.76. The van der Waals surface area contributed by atoms with Gasteiger partial charge < -0.3 is 20.1 Å². The highest BCUT2D eigenvalue weighted by molar-refractivity contribution is 5.75. The van der Waals surface area contributed by atoms with Gasteiger partial charge in [0.25, 0.3) is 0 Å². The van der Waals surface area contributed by atoms with Crippen LogP contribution < -0.4 is 5.32 Å². The minimum atomic E-state index is -0.898. The Balaban J connectivity index is 1.82. The fourth-order valence-corrected chi connectivity index (χ4v) is 2.53. The van der Waals surface area contributed by atoms with E-state index in [-0.39, 0.29) is 24.4 Å². The fourth-order valence-electron chi connectivity index (χ4n) is 2.53. The van der Waals surface area contributed by atoms with Crippen LogP contribution in [0, 0.1) is 5.41 Å². The normalized spacial score (nSPS) is 22.1. The standard InChI is InChI=1S/C12H20N2O4/c15-10(16)2-5-13-11(17)14-6-7-18-9-12(8-14)3-1-4-12/h1-9H2,(H,13,17)(H,15,16). The predicted octanol–water partition coefficient (Wildman–Crippen LogP) is 0.673. The molecule has 0 aromatic rings. The van der Waals surface area contributed by atoms with Gasteiger partial charge >= 0.3 is 12.0 Å². The quantitative estimate of drug-likeness (QED) is 0.778. The van der Waals surface area contributed by atoms with Crippen LogP contribution in [0.1, 0.15) is 25.7 Å². The van der Waals surface area contributed by atoms with Gasteiger partial charge in [0, 0.05) is 25.0 Å². The van der Waals surface area contributed by atoms with Gasteiger partial charge in [0.05, 0.1) is 19.6 Å². The van der Waals surface area contributed by atoms with Crippen LogP contribution in [-0.4, -0.2) is 54.9 Å². The first kappa shape index (κ1) is 13.1. The van der Waals surface area contributed by atoms with E-state index in [9.17, 15) is 9.59 Å². The van der Waals surface area contributed by atoms with Gasteiger partial charge in [-0.05, 0) is 12.8 Å². The van der Waals surface area contributed by atoms with Crippen LogP contribution in [0.15, 0.2) is 0 Å². The molecule has 102 valence electrons. The minimum absolute atomic E-state index is 0.0405. The number of carboxylic acids is 1. The Morgan fingerprint density at radius 3 is 2.78 bits per heavy atom. The number of ether oxygens (including phenoxy) is 1. The van der Waals surface area contributed by atoms with Gasteiger partial charge in [0.2, 0.25) is 0 Å². The van der Waals surface area contributed by atoms with E-state index >= 15 is 0 Å². The maximum Gasteiger partial charge on any atom is 0.317 e. The van der Waals surface area contributed by atoms with Crippen LogP contribution in [0.4, 0.5) is 4.79 Å². The molecule has 1 saturated carbocycles. The van der Waals surface area contributed by atoms with Gasteiger partial charge in [-0.25, -0.2) is 4.79 Å². The Bertz CT molecular complexity index is 328. The van der Waals surface area contributed by atoms with Crippen molar-refractivity contribution in [2.24, 2.45) is 5.41 Å². The number of nitrogens with one attached hydrogen (secondary N) is 1. The molecule has 0 aromatic carbocycles. The lowest BCUT2D eigenvalue weighted by Crippen LogP contribution is -2.49. The van der Waals surface area contributed by atoms with Crippen molar-refractivity contribution in [2.45, 2.75) is 25.7 Å². The monoisotopic (exact) mass is 256 g/mol. The van der Waals surface area contributed by atoms with Crippen LogP contribution in [-0.2, 0) is 9.53 Å². The fraction of sp³-hybridized carbons (Fsp3) is 0.833. The molecule has 1 aliphatic heterocycles. The first-order valence-electron chi connectivity index (χ1n) is 6.44. The van der Waals surface area contributed by atoms with E-state index in [1.54, 1.807) is 4.90 Å². The van der Waals surface area contributed by atoms with Crippen molar-refractivity contribution in [3.05, 3.63) is 0 Å². The molecule has 0 aromatic heterocycles. The van der Waals surface area contributed by atoms with Gasteiger partial charge in [0.1, 0.15) is 0 Å². The maximum atomic E-state index is 11.9. The third-order valence-electron chi connectivity index (χ3n) is 3.76. The number of rotatable bonds is 3. The average Bonchev–Trinajstić information content (AvgIpc) is 2.50. The number of carboxylic acid groups (broad SMARTS) is 1. The first-order chi connectivity index (χ1) is 8.61. The number of aliphatic carboxylic acids is 1. The SMILES string of the molecule is O=C(O)CCNC(=O)N1CCOCC2(CCC2)C1. The summed E-state index contributed by atoms with van der Waals surface area (Å²) in [7, 11) is 0. The molecule has 2 rings (SSSR count). The molecule has 2 amide bonds. The topological polar surface area (TPSA) is 78.9 Å². The van der Waals surface area contributed by atoms with Crippen LogP contribution in [0.2, 0.25) is 0 Å². The molecule has 0 atom stereocenters. The summed E-state index contributed by atoms with van der Waals surface area (Å²) in [6, 6.07) is -0.173. The number of hydrogen-bond donors (Lipinski definition) is 2. The smallest absolute Gasteiger partial charge is 0.317 e. The van der Waals surface area contributed by atoms with Crippen LogP contribution in [0.25, 0.3) is 0 Å². The molecule has 0 bridgehead atoms. The van der Waals surface area contributed by atoms with Crippen molar-refractivity contribution in [1.29, 1.82) is 0 Å². The highest BCUT2D eigenvalue weighted by atomic mass is 16.5. The number of carbonyl (C=O) groups is 2. The van der Waals surface area contributed by atoms with Crippen LogP contribution in [0.5, 0.6) is 0 Å². The summed E-state index contributed by atoms with van der Waals surface area (Å²) in [5.41, 5.74) is 0.153. The number of urea groups is 1. The summed E-state index contributed by atoms with van der Waals surface area (Å²) in [4.78, 5) is 24.1. The summed E-state index contributed by atoms with van der Waals surface area (Å²) in [5, 5.41) is 11.2. The van der Waals surface area contributed by atoms with Gasteiger partial charge in [-0.15, -0.1) is 0 Å². The second kappa shape index (κ2) is 5.56. The molecule has 1 heterocycles. The molecule has 1 spiro atoms. The maximum absolute atomic E-state index is 11.9. The molecule has 0 radical (unpaired) electrons. The Kier molecular flexibility index (Phi) is 4.06.